The zero-order valence-electron chi connectivity index (χ0n) is 14.1. The van der Waals surface area contributed by atoms with Crippen molar-refractivity contribution < 1.29 is 14.3 Å². The van der Waals surface area contributed by atoms with E-state index in [-0.39, 0.29) is 5.41 Å². The monoisotopic (exact) mass is 319 g/mol. The van der Waals surface area contributed by atoms with Gasteiger partial charge in [-0.1, -0.05) is 20.8 Å². The summed E-state index contributed by atoms with van der Waals surface area (Å²) in [6.45, 7) is 9.27. The minimum atomic E-state index is -0.532. The van der Waals surface area contributed by atoms with Gasteiger partial charge in [-0.15, -0.1) is 0 Å². The molecule has 0 aliphatic carbocycles. The maximum atomic E-state index is 12.1. The number of hydrogen-bond acceptors (Lipinski definition) is 4. The van der Waals surface area contributed by atoms with E-state index < -0.39 is 6.09 Å². The van der Waals surface area contributed by atoms with Gasteiger partial charge in [-0.25, -0.2) is 4.79 Å². The Balaban J connectivity index is 1.93. The van der Waals surface area contributed by atoms with E-state index in [1.807, 2.05) is 32.9 Å². The quantitative estimate of drug-likeness (QED) is 0.633. The van der Waals surface area contributed by atoms with Crippen LogP contribution in [-0.2, 0) is 15.9 Å². The number of ether oxygens (including phenoxy) is 2. The normalized spacial score (nSPS) is 16.3. The van der Waals surface area contributed by atoms with Crippen molar-refractivity contribution in [3.63, 3.8) is 0 Å². The molecule has 0 spiro atoms. The number of amidine groups is 1. The molecule has 2 heterocycles. The summed E-state index contributed by atoms with van der Waals surface area (Å²) in [5.41, 5.74) is 0.863. The van der Waals surface area contributed by atoms with Crippen LogP contribution >= 0.6 is 0 Å². The van der Waals surface area contributed by atoms with Crippen molar-refractivity contribution in [2.75, 3.05) is 32.9 Å². The predicted octanol–water partition coefficient (Wildman–Crippen LogP) is 2.54. The Labute approximate surface area is 137 Å². The van der Waals surface area contributed by atoms with E-state index >= 15 is 0 Å². The molecule has 2 rings (SSSR count). The minimum absolute atomic E-state index is 0.221. The molecule has 126 valence electrons. The van der Waals surface area contributed by atoms with Gasteiger partial charge in [0.05, 0.1) is 19.8 Å². The predicted molar refractivity (Wildman–Crippen MR) is 88.6 cm³/mol. The summed E-state index contributed by atoms with van der Waals surface area (Å²) >= 11 is 0. The van der Waals surface area contributed by atoms with Crippen molar-refractivity contribution >= 4 is 11.9 Å². The molecular weight excluding hydrogens is 294 g/mol. The molecule has 1 aliphatic heterocycles. The highest BCUT2D eigenvalue weighted by Gasteiger charge is 2.27. The zero-order chi connectivity index (χ0) is 16.7. The van der Waals surface area contributed by atoms with Crippen LogP contribution in [0, 0.1) is 5.41 Å². The number of amides is 1. The molecular formula is C17H25N3O3. The number of pyridine rings is 1. The van der Waals surface area contributed by atoms with Crippen molar-refractivity contribution in [1.29, 1.82) is 0 Å². The van der Waals surface area contributed by atoms with Gasteiger partial charge >= 0.3 is 6.09 Å². The van der Waals surface area contributed by atoms with E-state index in [0.717, 1.165) is 24.5 Å². The van der Waals surface area contributed by atoms with Crippen molar-refractivity contribution in [3.8, 4) is 0 Å². The summed E-state index contributed by atoms with van der Waals surface area (Å²) in [4.78, 5) is 22.3. The van der Waals surface area contributed by atoms with E-state index in [1.165, 1.54) is 0 Å². The average molecular weight is 319 g/mol. The van der Waals surface area contributed by atoms with E-state index in [2.05, 4.69) is 14.9 Å². The molecule has 6 heteroatoms. The molecule has 1 aromatic heterocycles. The van der Waals surface area contributed by atoms with Gasteiger partial charge in [0.2, 0.25) is 0 Å². The highest BCUT2D eigenvalue weighted by Crippen LogP contribution is 2.20. The van der Waals surface area contributed by atoms with Crippen molar-refractivity contribution in [1.82, 2.24) is 9.88 Å². The van der Waals surface area contributed by atoms with Crippen LogP contribution in [0.5, 0.6) is 0 Å². The van der Waals surface area contributed by atoms with Crippen LogP contribution in [0.2, 0.25) is 0 Å². The molecule has 0 aromatic carbocycles. The molecule has 0 atom stereocenters. The van der Waals surface area contributed by atoms with Gasteiger partial charge < -0.3 is 14.4 Å². The summed E-state index contributed by atoms with van der Waals surface area (Å²) in [6.07, 6.45) is 3.58. The highest BCUT2D eigenvalue weighted by molar-refractivity contribution is 5.95. The maximum absolute atomic E-state index is 12.1. The first-order valence-electron chi connectivity index (χ1n) is 7.94. The fourth-order valence-electron chi connectivity index (χ4n) is 2.41. The Morgan fingerprint density at radius 2 is 1.96 bits per heavy atom. The second-order valence-electron chi connectivity index (χ2n) is 6.50. The molecule has 1 amide bonds. The summed E-state index contributed by atoms with van der Waals surface area (Å²) in [5, 5.41) is 0. The third kappa shape index (κ3) is 5.63. The fraction of sp³-hybridized carbons (Fsp3) is 0.588. The molecule has 0 saturated carbocycles. The number of hydrogen-bond donors (Lipinski definition) is 0. The number of carbonyl (C=O) groups is 1. The van der Waals surface area contributed by atoms with Gasteiger partial charge in [0.15, 0.2) is 0 Å². The number of aromatic nitrogens is 1. The Morgan fingerprint density at radius 1 is 1.30 bits per heavy atom. The summed E-state index contributed by atoms with van der Waals surface area (Å²) in [7, 11) is 0. The topological polar surface area (TPSA) is 64.0 Å². The average Bonchev–Trinajstić information content (AvgIpc) is 2.53. The fourth-order valence-corrected chi connectivity index (χ4v) is 2.41. The Morgan fingerprint density at radius 3 is 2.57 bits per heavy atom. The Bertz CT molecular complexity index is 532. The molecule has 23 heavy (non-hydrogen) atoms. The van der Waals surface area contributed by atoms with Gasteiger partial charge in [-0.3, -0.25) is 4.98 Å². The van der Waals surface area contributed by atoms with Crippen LogP contribution < -0.4 is 0 Å². The van der Waals surface area contributed by atoms with Gasteiger partial charge in [-0.2, -0.15) is 4.99 Å². The van der Waals surface area contributed by atoms with E-state index in [0.29, 0.717) is 26.2 Å². The molecule has 1 aromatic rings. The first-order chi connectivity index (χ1) is 11.0. The van der Waals surface area contributed by atoms with Gasteiger partial charge in [-0.05, 0) is 17.7 Å². The van der Waals surface area contributed by atoms with E-state index in [9.17, 15) is 4.79 Å². The molecule has 0 N–H and O–H groups in total. The van der Waals surface area contributed by atoms with Gasteiger partial charge in [0.25, 0.3) is 0 Å². The van der Waals surface area contributed by atoms with Gasteiger partial charge in [0, 0.05) is 37.3 Å². The van der Waals surface area contributed by atoms with Crippen LogP contribution in [0.1, 0.15) is 26.3 Å². The van der Waals surface area contributed by atoms with Crippen molar-refractivity contribution in [2.24, 2.45) is 10.4 Å². The molecule has 1 fully saturated rings. The first-order valence-corrected chi connectivity index (χ1v) is 7.94. The van der Waals surface area contributed by atoms with Crippen LogP contribution in [0.15, 0.2) is 29.5 Å². The zero-order valence-corrected chi connectivity index (χ0v) is 14.1. The van der Waals surface area contributed by atoms with Crippen LogP contribution in [0.25, 0.3) is 0 Å². The number of nitrogens with zero attached hydrogens (tertiary/aromatic N) is 3. The summed E-state index contributed by atoms with van der Waals surface area (Å²) in [5.74, 6) is 0.759. The first kappa shape index (κ1) is 17.4. The van der Waals surface area contributed by atoms with Crippen LogP contribution in [0.3, 0.4) is 0 Å². The maximum Gasteiger partial charge on any atom is 0.435 e. The van der Waals surface area contributed by atoms with E-state index in [4.69, 9.17) is 9.47 Å². The minimum Gasteiger partial charge on any atom is -0.448 e. The lowest BCUT2D eigenvalue weighted by Gasteiger charge is -2.35. The smallest absolute Gasteiger partial charge is 0.435 e. The molecule has 1 saturated heterocycles. The van der Waals surface area contributed by atoms with Crippen LogP contribution in [-0.4, -0.2) is 54.7 Å². The lowest BCUT2D eigenvalue weighted by molar-refractivity contribution is 0.0642. The number of carbonyl (C=O) groups excluding carboxylic acids is 1. The largest absolute Gasteiger partial charge is 0.448 e. The SMILES string of the molecule is CC(C)(C)/C(=N/C(=O)OCCc1ccncc1)N1CCOCC1. The van der Waals surface area contributed by atoms with Crippen LogP contribution in [0.4, 0.5) is 4.79 Å². The highest BCUT2D eigenvalue weighted by atomic mass is 16.5. The second-order valence-corrected chi connectivity index (χ2v) is 6.50. The molecule has 0 bridgehead atoms. The van der Waals surface area contributed by atoms with Crippen molar-refractivity contribution in [2.45, 2.75) is 27.2 Å². The summed E-state index contributed by atoms with van der Waals surface area (Å²) < 4.78 is 10.6. The van der Waals surface area contributed by atoms with E-state index in [1.54, 1.807) is 12.4 Å². The molecule has 1 aliphatic rings. The molecule has 0 unspecified atom stereocenters. The number of aliphatic imine (C=N–C) groups is 1. The van der Waals surface area contributed by atoms with Crippen molar-refractivity contribution in [3.05, 3.63) is 30.1 Å². The standard InChI is InChI=1S/C17H25N3O3/c1-17(2,3)15(20-9-12-22-13-10-20)19-16(21)23-11-6-14-4-7-18-8-5-14/h4-5,7-8H,6,9-13H2,1-3H3/b19-15-. The number of morpholine rings is 1. The lowest BCUT2D eigenvalue weighted by Crippen LogP contribution is -2.46. The number of rotatable bonds is 3. The van der Waals surface area contributed by atoms with Gasteiger partial charge in [0.1, 0.15) is 5.84 Å². The molecule has 6 nitrogen and oxygen atoms in total. The lowest BCUT2D eigenvalue weighted by atomic mass is 9.93. The summed E-state index contributed by atoms with van der Waals surface area (Å²) in [6, 6.07) is 3.82. The third-order valence-corrected chi connectivity index (χ3v) is 3.54. The third-order valence-electron chi connectivity index (χ3n) is 3.54. The second kappa shape index (κ2) is 8.06. The Kier molecular flexibility index (Phi) is 6.10. The Hall–Kier alpha value is -1.95. The molecule has 0 radical (unpaired) electrons.